The molecule has 1 amide bonds. The van der Waals surface area contributed by atoms with E-state index in [1.165, 1.54) is 11.8 Å². The number of hydrogen-bond donors (Lipinski definition) is 3. The molecule has 4 N–H and O–H groups in total. The van der Waals surface area contributed by atoms with Crippen molar-refractivity contribution in [2.24, 2.45) is 0 Å². The van der Waals surface area contributed by atoms with Crippen LogP contribution >= 0.6 is 11.8 Å². The van der Waals surface area contributed by atoms with Gasteiger partial charge in [0.1, 0.15) is 17.3 Å². The minimum atomic E-state index is -0.150. The van der Waals surface area contributed by atoms with Crippen molar-refractivity contribution in [3.8, 4) is 11.5 Å². The third kappa shape index (κ3) is 6.22. The Labute approximate surface area is 184 Å². The fourth-order valence-corrected chi connectivity index (χ4v) is 3.44. The van der Waals surface area contributed by atoms with E-state index in [1.54, 1.807) is 14.2 Å². The Morgan fingerprint density at radius 2 is 1.77 bits per heavy atom. The summed E-state index contributed by atoms with van der Waals surface area (Å²) < 4.78 is 10.6. The first kappa shape index (κ1) is 22.2. The zero-order chi connectivity index (χ0) is 22.2. The number of aryl methyl sites for hydroxylation is 1. The molecule has 0 aliphatic carbocycles. The summed E-state index contributed by atoms with van der Waals surface area (Å²) in [5, 5.41) is 5.95. The molecule has 0 saturated carbocycles. The second-order valence-electron chi connectivity index (χ2n) is 6.50. The van der Waals surface area contributed by atoms with Gasteiger partial charge in [0.25, 0.3) is 0 Å². The normalized spacial score (nSPS) is 10.4. The number of methoxy groups -OCH3 is 2. The molecular weight excluding hydrogens is 416 g/mol. The van der Waals surface area contributed by atoms with Crippen molar-refractivity contribution in [1.29, 1.82) is 0 Å². The summed E-state index contributed by atoms with van der Waals surface area (Å²) >= 11 is 1.37. The van der Waals surface area contributed by atoms with Crippen LogP contribution in [0.2, 0.25) is 0 Å². The number of aromatic nitrogens is 3. The van der Waals surface area contributed by atoms with Crippen molar-refractivity contribution in [2.75, 3.05) is 36.3 Å². The highest BCUT2D eigenvalue weighted by atomic mass is 32.2. The Morgan fingerprint density at radius 1 is 1.03 bits per heavy atom. The van der Waals surface area contributed by atoms with Crippen LogP contribution in [0.25, 0.3) is 0 Å². The van der Waals surface area contributed by atoms with Crippen molar-refractivity contribution in [3.63, 3.8) is 0 Å². The second kappa shape index (κ2) is 10.5. The monoisotopic (exact) mass is 440 g/mol. The third-order valence-corrected chi connectivity index (χ3v) is 5.07. The molecule has 10 heteroatoms. The topological polar surface area (TPSA) is 124 Å². The van der Waals surface area contributed by atoms with Gasteiger partial charge in [0.05, 0.1) is 37.1 Å². The highest BCUT2D eigenvalue weighted by Gasteiger charge is 2.11. The van der Waals surface area contributed by atoms with Crippen molar-refractivity contribution in [3.05, 3.63) is 53.9 Å². The lowest BCUT2D eigenvalue weighted by Gasteiger charge is -2.11. The number of benzene rings is 2. The molecular formula is C21H24N6O3S. The molecule has 31 heavy (non-hydrogen) atoms. The molecule has 3 rings (SSSR count). The van der Waals surface area contributed by atoms with Crippen LogP contribution in [0.4, 0.5) is 23.3 Å². The summed E-state index contributed by atoms with van der Waals surface area (Å²) in [6.45, 7) is 1.95. The van der Waals surface area contributed by atoms with Gasteiger partial charge in [-0.15, -0.1) is 11.8 Å². The molecule has 3 aromatic rings. The maximum Gasteiger partial charge on any atom is 0.234 e. The summed E-state index contributed by atoms with van der Waals surface area (Å²) in [5.74, 6) is 2.60. The number of nitrogens with one attached hydrogen (secondary N) is 2. The number of rotatable bonds is 9. The number of amides is 1. The predicted molar refractivity (Wildman–Crippen MR) is 123 cm³/mol. The van der Waals surface area contributed by atoms with Crippen LogP contribution in [0.15, 0.2) is 42.5 Å². The zero-order valence-corrected chi connectivity index (χ0v) is 18.3. The number of nitrogens with zero attached hydrogens (tertiary/aromatic N) is 3. The number of ether oxygens (including phenoxy) is 2. The SMILES string of the molecule is COc1ccc(C)cc1NC(=O)CSCc1nc(N)nc(Nc2ccccc2OC)n1. The second-order valence-corrected chi connectivity index (χ2v) is 7.49. The molecule has 1 aromatic heterocycles. The van der Waals surface area contributed by atoms with Crippen molar-refractivity contribution in [1.82, 2.24) is 15.0 Å². The van der Waals surface area contributed by atoms with Gasteiger partial charge in [0, 0.05) is 0 Å². The first-order chi connectivity index (χ1) is 15.0. The van der Waals surface area contributed by atoms with Crippen LogP contribution in [0, 0.1) is 6.92 Å². The van der Waals surface area contributed by atoms with E-state index in [2.05, 4.69) is 25.6 Å². The highest BCUT2D eigenvalue weighted by molar-refractivity contribution is 7.99. The van der Waals surface area contributed by atoms with Crippen LogP contribution in [-0.2, 0) is 10.5 Å². The molecule has 0 aliphatic rings. The minimum Gasteiger partial charge on any atom is -0.495 e. The summed E-state index contributed by atoms with van der Waals surface area (Å²) in [6, 6.07) is 13.0. The van der Waals surface area contributed by atoms with Crippen LogP contribution in [0.1, 0.15) is 11.4 Å². The number of carbonyl (C=O) groups excluding carboxylic acids is 1. The Balaban J connectivity index is 1.59. The van der Waals surface area contributed by atoms with Crippen molar-refractivity contribution in [2.45, 2.75) is 12.7 Å². The molecule has 9 nitrogen and oxygen atoms in total. The molecule has 162 valence electrons. The Bertz CT molecular complexity index is 1060. The van der Waals surface area contributed by atoms with Crippen LogP contribution < -0.4 is 25.8 Å². The van der Waals surface area contributed by atoms with E-state index in [4.69, 9.17) is 15.2 Å². The number of para-hydroxylation sites is 2. The summed E-state index contributed by atoms with van der Waals surface area (Å²) in [4.78, 5) is 25.0. The van der Waals surface area contributed by atoms with Crippen LogP contribution in [0.3, 0.4) is 0 Å². The first-order valence-corrected chi connectivity index (χ1v) is 10.6. The Hall–Kier alpha value is -3.53. The molecule has 0 fully saturated rings. The maximum atomic E-state index is 12.3. The van der Waals surface area contributed by atoms with Gasteiger partial charge in [-0.2, -0.15) is 15.0 Å². The average Bonchev–Trinajstić information content (AvgIpc) is 2.74. The van der Waals surface area contributed by atoms with E-state index in [1.807, 2.05) is 49.4 Å². The van der Waals surface area contributed by atoms with Crippen LogP contribution in [0.5, 0.6) is 11.5 Å². The standard InChI is InChI=1S/C21H24N6O3S/c1-13-8-9-17(30-3)15(10-13)23-19(28)12-31-11-18-25-20(22)27-21(26-18)24-14-6-4-5-7-16(14)29-2/h4-10H,11-12H2,1-3H3,(H,23,28)(H3,22,24,25,26,27). The minimum absolute atomic E-state index is 0.0944. The molecule has 0 saturated heterocycles. The molecule has 0 aliphatic heterocycles. The van der Waals surface area contributed by atoms with Crippen molar-refractivity contribution >= 4 is 40.9 Å². The van der Waals surface area contributed by atoms with E-state index in [0.717, 1.165) is 5.56 Å². The molecule has 0 bridgehead atoms. The maximum absolute atomic E-state index is 12.3. The van der Waals surface area contributed by atoms with E-state index < -0.39 is 0 Å². The largest absolute Gasteiger partial charge is 0.495 e. The Morgan fingerprint density at radius 3 is 2.55 bits per heavy atom. The number of nitrogen functional groups attached to an aromatic ring is 1. The molecule has 0 spiro atoms. The molecule has 0 unspecified atom stereocenters. The van der Waals surface area contributed by atoms with E-state index in [0.29, 0.717) is 40.4 Å². The van der Waals surface area contributed by atoms with Gasteiger partial charge in [-0.3, -0.25) is 4.79 Å². The predicted octanol–water partition coefficient (Wildman–Crippen LogP) is 3.39. The van der Waals surface area contributed by atoms with E-state index in [-0.39, 0.29) is 17.6 Å². The van der Waals surface area contributed by atoms with Gasteiger partial charge >= 0.3 is 0 Å². The van der Waals surface area contributed by atoms with Gasteiger partial charge in [0.2, 0.25) is 17.8 Å². The number of carbonyl (C=O) groups is 1. The fraction of sp³-hybridized carbons (Fsp3) is 0.238. The molecule has 0 atom stereocenters. The lowest BCUT2D eigenvalue weighted by atomic mass is 10.2. The Kier molecular flexibility index (Phi) is 7.50. The van der Waals surface area contributed by atoms with Gasteiger partial charge in [-0.1, -0.05) is 18.2 Å². The quantitative estimate of drug-likeness (QED) is 0.459. The molecule has 0 radical (unpaired) electrons. The number of anilines is 4. The molecule has 2 aromatic carbocycles. The summed E-state index contributed by atoms with van der Waals surface area (Å²) in [7, 11) is 3.15. The third-order valence-electron chi connectivity index (χ3n) is 4.15. The van der Waals surface area contributed by atoms with Crippen molar-refractivity contribution < 1.29 is 14.3 Å². The van der Waals surface area contributed by atoms with E-state index in [9.17, 15) is 4.79 Å². The summed E-state index contributed by atoms with van der Waals surface area (Å²) in [5.41, 5.74) is 8.20. The first-order valence-electron chi connectivity index (χ1n) is 9.41. The lowest BCUT2D eigenvalue weighted by molar-refractivity contribution is -0.113. The number of thioether (sulfide) groups is 1. The average molecular weight is 441 g/mol. The van der Waals surface area contributed by atoms with Gasteiger partial charge in [0.15, 0.2) is 0 Å². The van der Waals surface area contributed by atoms with Gasteiger partial charge in [-0.25, -0.2) is 0 Å². The van der Waals surface area contributed by atoms with Crippen LogP contribution in [-0.4, -0.2) is 40.8 Å². The number of nitrogens with two attached hydrogens (primary N) is 1. The zero-order valence-electron chi connectivity index (χ0n) is 17.5. The fourth-order valence-electron chi connectivity index (χ4n) is 2.77. The smallest absolute Gasteiger partial charge is 0.234 e. The highest BCUT2D eigenvalue weighted by Crippen LogP contribution is 2.27. The lowest BCUT2D eigenvalue weighted by Crippen LogP contribution is -2.15. The van der Waals surface area contributed by atoms with E-state index >= 15 is 0 Å². The summed E-state index contributed by atoms with van der Waals surface area (Å²) in [6.07, 6.45) is 0. The molecule has 1 heterocycles. The number of hydrogen-bond acceptors (Lipinski definition) is 9. The van der Waals surface area contributed by atoms with Gasteiger partial charge in [-0.05, 0) is 36.8 Å². The van der Waals surface area contributed by atoms with Gasteiger partial charge < -0.3 is 25.8 Å².